The predicted molar refractivity (Wildman–Crippen MR) is 99.7 cm³/mol. The van der Waals surface area contributed by atoms with Crippen LogP contribution in [-0.2, 0) is 21.8 Å². The Morgan fingerprint density at radius 3 is 2.26 bits per heavy atom. The number of hydrogen-bond acceptors (Lipinski definition) is 4. The van der Waals surface area contributed by atoms with Gasteiger partial charge in [-0.25, -0.2) is 9.18 Å². The number of piperidine rings is 3. The van der Waals surface area contributed by atoms with Crippen molar-refractivity contribution < 1.29 is 19.0 Å². The smallest absolute Gasteiger partial charge is 0.348 e. The van der Waals surface area contributed by atoms with Gasteiger partial charge in [0.25, 0.3) is 0 Å². The molecule has 3 fully saturated rings. The van der Waals surface area contributed by atoms with Crippen LogP contribution in [0.5, 0.6) is 0 Å². The van der Waals surface area contributed by atoms with E-state index in [1.165, 1.54) is 0 Å². The number of halogens is 1. The summed E-state index contributed by atoms with van der Waals surface area (Å²) in [5, 5.41) is 11.5. The van der Waals surface area contributed by atoms with Gasteiger partial charge in [0.05, 0.1) is 0 Å². The number of esters is 1. The molecule has 0 saturated carbocycles. The second kappa shape index (κ2) is 7.41. The first kappa shape index (κ1) is 18.1. The molecule has 3 aliphatic heterocycles. The molecule has 0 spiro atoms. The monoisotopic (exact) mass is 369 g/mol. The van der Waals surface area contributed by atoms with Gasteiger partial charge in [0, 0.05) is 6.54 Å². The molecular weight excluding hydrogens is 345 g/mol. The maximum absolute atomic E-state index is 13.2. The van der Waals surface area contributed by atoms with Gasteiger partial charge in [0.2, 0.25) is 5.60 Å². The number of aliphatic hydroxyl groups is 1. The van der Waals surface area contributed by atoms with Gasteiger partial charge < -0.3 is 9.84 Å². The van der Waals surface area contributed by atoms with Crippen LogP contribution in [0.1, 0.15) is 29.5 Å². The molecule has 27 heavy (non-hydrogen) atoms. The van der Waals surface area contributed by atoms with E-state index >= 15 is 0 Å². The first-order valence-corrected chi connectivity index (χ1v) is 9.48. The third-order valence-electron chi connectivity index (χ3n) is 5.87. The summed E-state index contributed by atoms with van der Waals surface area (Å²) in [7, 11) is 0. The van der Waals surface area contributed by atoms with E-state index in [2.05, 4.69) is 4.90 Å². The number of ether oxygens (including phenoxy) is 1. The zero-order chi connectivity index (χ0) is 18.9. The van der Waals surface area contributed by atoms with Crippen molar-refractivity contribution in [1.82, 2.24) is 4.90 Å². The summed E-state index contributed by atoms with van der Waals surface area (Å²) in [6.07, 6.45) is 1.85. The highest BCUT2D eigenvalue weighted by atomic mass is 19.1. The van der Waals surface area contributed by atoms with Crippen molar-refractivity contribution in [3.05, 3.63) is 71.3 Å². The molecule has 2 aromatic carbocycles. The Morgan fingerprint density at radius 1 is 1.07 bits per heavy atom. The first-order valence-electron chi connectivity index (χ1n) is 9.48. The van der Waals surface area contributed by atoms with E-state index in [9.17, 15) is 14.3 Å². The molecule has 4 nitrogen and oxygen atoms in total. The number of hydrogen-bond donors (Lipinski definition) is 1. The Morgan fingerprint density at radius 2 is 1.70 bits per heavy atom. The lowest BCUT2D eigenvalue weighted by atomic mass is 9.84. The lowest BCUT2D eigenvalue weighted by Crippen LogP contribution is -2.53. The fourth-order valence-corrected chi connectivity index (χ4v) is 4.18. The second-order valence-electron chi connectivity index (χ2n) is 7.49. The van der Waals surface area contributed by atoms with Crippen molar-refractivity contribution in [2.24, 2.45) is 5.92 Å². The number of rotatable bonds is 5. The maximum Gasteiger partial charge on any atom is 0.348 e. The van der Waals surface area contributed by atoms with Crippen LogP contribution >= 0.6 is 0 Å². The van der Waals surface area contributed by atoms with Gasteiger partial charge in [0.1, 0.15) is 12.8 Å². The van der Waals surface area contributed by atoms with E-state index in [1.807, 2.05) is 6.07 Å². The first-order chi connectivity index (χ1) is 13.1. The lowest BCUT2D eigenvalue weighted by Gasteiger charge is -2.44. The van der Waals surface area contributed by atoms with Crippen molar-refractivity contribution in [3.63, 3.8) is 0 Å². The molecule has 2 aromatic rings. The molecule has 1 N–H and O–H groups in total. The average molecular weight is 369 g/mol. The van der Waals surface area contributed by atoms with E-state index in [-0.39, 0.29) is 6.10 Å². The molecule has 0 aromatic heterocycles. The van der Waals surface area contributed by atoms with Gasteiger partial charge >= 0.3 is 5.97 Å². The summed E-state index contributed by atoms with van der Waals surface area (Å²) < 4.78 is 18.7. The zero-order valence-corrected chi connectivity index (χ0v) is 15.2. The summed E-state index contributed by atoms with van der Waals surface area (Å²) >= 11 is 0. The van der Waals surface area contributed by atoms with E-state index < -0.39 is 18.2 Å². The Hall–Kier alpha value is -2.24. The molecule has 3 saturated heterocycles. The van der Waals surface area contributed by atoms with Crippen LogP contribution in [0.4, 0.5) is 4.39 Å². The number of carbonyl (C=O) groups is 1. The van der Waals surface area contributed by atoms with Gasteiger partial charge in [-0.1, -0.05) is 54.6 Å². The van der Waals surface area contributed by atoms with Crippen LogP contribution in [-0.4, -0.2) is 41.7 Å². The zero-order valence-electron chi connectivity index (χ0n) is 15.2. The van der Waals surface area contributed by atoms with Crippen molar-refractivity contribution in [1.29, 1.82) is 0 Å². The number of nitrogens with zero attached hydrogens (tertiary/aromatic N) is 1. The molecule has 0 unspecified atom stereocenters. The summed E-state index contributed by atoms with van der Waals surface area (Å²) in [5.74, 6) is -0.312. The highest BCUT2D eigenvalue weighted by Crippen LogP contribution is 2.35. The number of alkyl halides is 1. The van der Waals surface area contributed by atoms with Crippen molar-refractivity contribution >= 4 is 5.97 Å². The van der Waals surface area contributed by atoms with E-state index in [0.717, 1.165) is 32.5 Å². The fourth-order valence-electron chi connectivity index (χ4n) is 4.18. The van der Waals surface area contributed by atoms with Crippen molar-refractivity contribution in [3.8, 4) is 0 Å². The van der Waals surface area contributed by atoms with Gasteiger partial charge in [-0.2, -0.15) is 0 Å². The third kappa shape index (κ3) is 3.37. The molecule has 3 heterocycles. The van der Waals surface area contributed by atoms with Crippen molar-refractivity contribution in [2.45, 2.75) is 31.2 Å². The SMILES string of the molecule is O=C(O[C@H]1CN2CCC1CC2)[C@](O)(c1ccccc1)c1ccc(CF)cc1. The van der Waals surface area contributed by atoms with Gasteiger partial charge in [-0.15, -0.1) is 0 Å². The molecule has 0 aliphatic carbocycles. The van der Waals surface area contributed by atoms with Crippen LogP contribution in [0.2, 0.25) is 0 Å². The summed E-state index contributed by atoms with van der Waals surface area (Å²) in [5.41, 5.74) is -0.580. The minimum atomic E-state index is -1.91. The molecule has 0 amide bonds. The van der Waals surface area contributed by atoms with E-state index in [4.69, 9.17) is 4.74 Å². The van der Waals surface area contributed by atoms with Crippen LogP contribution in [0.3, 0.4) is 0 Å². The molecule has 3 aliphatic rings. The van der Waals surface area contributed by atoms with Gasteiger partial charge in [-0.3, -0.25) is 4.90 Å². The topological polar surface area (TPSA) is 49.8 Å². The summed E-state index contributed by atoms with van der Waals surface area (Å²) in [6.45, 7) is 2.23. The number of carbonyl (C=O) groups excluding carboxylic acids is 1. The quantitative estimate of drug-likeness (QED) is 0.823. The van der Waals surface area contributed by atoms with E-state index in [1.54, 1.807) is 48.5 Å². The molecule has 2 atom stereocenters. The minimum absolute atomic E-state index is 0.194. The predicted octanol–water partition coefficient (Wildman–Crippen LogP) is 3.03. The largest absolute Gasteiger partial charge is 0.458 e. The molecule has 5 heteroatoms. The van der Waals surface area contributed by atoms with E-state index in [0.29, 0.717) is 22.6 Å². The molecule has 2 bridgehead atoms. The molecular formula is C22H24FNO3. The van der Waals surface area contributed by atoms with Crippen LogP contribution in [0.25, 0.3) is 0 Å². The number of benzene rings is 2. The average Bonchev–Trinajstić information content (AvgIpc) is 2.74. The fraction of sp³-hybridized carbons (Fsp3) is 0.409. The Balaban J connectivity index is 1.66. The molecule has 0 radical (unpaired) electrons. The number of fused-ring (bicyclic) bond motifs is 3. The van der Waals surface area contributed by atoms with Gasteiger partial charge in [-0.05, 0) is 48.5 Å². The Kier molecular flexibility index (Phi) is 4.98. The summed E-state index contributed by atoms with van der Waals surface area (Å²) in [6, 6.07) is 15.2. The third-order valence-corrected chi connectivity index (χ3v) is 5.87. The van der Waals surface area contributed by atoms with Crippen LogP contribution in [0, 0.1) is 5.92 Å². The molecule has 142 valence electrons. The highest BCUT2D eigenvalue weighted by molar-refractivity contribution is 5.85. The normalized spacial score (nSPS) is 26.4. The Bertz CT molecular complexity index is 787. The molecule has 5 rings (SSSR count). The van der Waals surface area contributed by atoms with Crippen LogP contribution in [0.15, 0.2) is 54.6 Å². The standard InChI is InChI=1S/C22H24FNO3/c23-14-16-6-8-19(9-7-16)22(26,18-4-2-1-3-5-18)21(25)27-20-15-24-12-10-17(20)11-13-24/h1-9,17,20,26H,10-15H2/t20-,22-/m0/s1. The lowest BCUT2D eigenvalue weighted by molar-refractivity contribution is -0.177. The van der Waals surface area contributed by atoms with Crippen LogP contribution < -0.4 is 0 Å². The highest BCUT2D eigenvalue weighted by Gasteiger charge is 2.45. The maximum atomic E-state index is 13.2. The van der Waals surface area contributed by atoms with Gasteiger partial charge in [0.15, 0.2) is 0 Å². The Labute approximate surface area is 158 Å². The second-order valence-corrected chi connectivity index (χ2v) is 7.49. The van der Waals surface area contributed by atoms with Crippen molar-refractivity contribution in [2.75, 3.05) is 19.6 Å². The summed E-state index contributed by atoms with van der Waals surface area (Å²) in [4.78, 5) is 15.5. The minimum Gasteiger partial charge on any atom is -0.458 e.